The molecule has 0 bridgehead atoms. The molecule has 2 heterocycles. The first kappa shape index (κ1) is 17.7. The number of nitrogens with one attached hydrogen (secondary N) is 1. The normalized spacial score (nSPS) is 12.1. The number of ether oxygens (including phenoxy) is 3. The van der Waals surface area contributed by atoms with Crippen LogP contribution in [0, 0.1) is 6.92 Å². The van der Waals surface area contributed by atoms with Gasteiger partial charge in [-0.05, 0) is 48.2 Å². The van der Waals surface area contributed by atoms with E-state index in [0.29, 0.717) is 39.4 Å². The number of thiophene rings is 1. The average molecular weight is 402 g/mol. The summed E-state index contributed by atoms with van der Waals surface area (Å²) in [6, 6.07) is 12.7. The highest BCUT2D eigenvalue weighted by atomic mass is 35.5. The molecule has 1 aromatic heterocycles. The summed E-state index contributed by atoms with van der Waals surface area (Å²) in [5, 5.41) is 5.43. The minimum atomic E-state index is -0.167. The summed E-state index contributed by atoms with van der Waals surface area (Å²) in [7, 11) is 0. The maximum absolute atomic E-state index is 12.5. The Kier molecular flexibility index (Phi) is 4.92. The van der Waals surface area contributed by atoms with Crippen molar-refractivity contribution in [3.8, 4) is 17.2 Å². The van der Waals surface area contributed by atoms with Crippen molar-refractivity contribution in [1.29, 1.82) is 0 Å². The van der Waals surface area contributed by atoms with Crippen LogP contribution in [0.2, 0.25) is 5.02 Å². The maximum atomic E-state index is 12.5. The van der Waals surface area contributed by atoms with Crippen molar-refractivity contribution in [1.82, 2.24) is 0 Å². The molecule has 2 aromatic carbocycles. The van der Waals surface area contributed by atoms with Gasteiger partial charge in [-0.25, -0.2) is 0 Å². The van der Waals surface area contributed by atoms with Gasteiger partial charge in [0, 0.05) is 22.3 Å². The molecule has 0 atom stereocenters. The maximum Gasteiger partial charge on any atom is 0.265 e. The Hall–Kier alpha value is -2.70. The number of hydrogen-bond donors (Lipinski definition) is 1. The number of halogens is 1. The average Bonchev–Trinajstić information content (AvgIpc) is 3.32. The van der Waals surface area contributed by atoms with Gasteiger partial charge in [0.25, 0.3) is 5.91 Å². The number of anilines is 1. The smallest absolute Gasteiger partial charge is 0.265 e. The van der Waals surface area contributed by atoms with E-state index >= 15 is 0 Å². The summed E-state index contributed by atoms with van der Waals surface area (Å²) < 4.78 is 16.4. The van der Waals surface area contributed by atoms with Crippen LogP contribution >= 0.6 is 22.9 Å². The third-order valence-corrected chi connectivity index (χ3v) is 5.53. The standard InChI is InChI=1S/C20H16ClNO4S/c1-12-15(21)3-2-4-16(12)22-20(23)19-7-13(10-27-19)9-24-14-5-6-17-18(8-14)26-11-25-17/h2-8,10H,9,11H2,1H3,(H,22,23). The highest BCUT2D eigenvalue weighted by Crippen LogP contribution is 2.35. The minimum Gasteiger partial charge on any atom is -0.489 e. The van der Waals surface area contributed by atoms with Crippen molar-refractivity contribution in [3.05, 3.63) is 68.9 Å². The zero-order valence-corrected chi connectivity index (χ0v) is 16.0. The van der Waals surface area contributed by atoms with Crippen molar-refractivity contribution < 1.29 is 19.0 Å². The third-order valence-electron chi connectivity index (χ3n) is 4.14. The second kappa shape index (κ2) is 7.50. The van der Waals surface area contributed by atoms with Crippen LogP contribution in [0.3, 0.4) is 0 Å². The van der Waals surface area contributed by atoms with Crippen molar-refractivity contribution in [2.24, 2.45) is 0 Å². The van der Waals surface area contributed by atoms with Gasteiger partial charge in [-0.15, -0.1) is 11.3 Å². The summed E-state index contributed by atoms with van der Waals surface area (Å²) in [4.78, 5) is 13.1. The lowest BCUT2D eigenvalue weighted by Gasteiger charge is -2.08. The van der Waals surface area contributed by atoms with Gasteiger partial charge in [0.15, 0.2) is 11.5 Å². The second-order valence-corrected chi connectivity index (χ2v) is 7.31. The summed E-state index contributed by atoms with van der Waals surface area (Å²) in [6.45, 7) is 2.46. The van der Waals surface area contributed by atoms with E-state index in [0.717, 1.165) is 11.1 Å². The van der Waals surface area contributed by atoms with Crippen LogP contribution in [-0.2, 0) is 6.61 Å². The van der Waals surface area contributed by atoms with Crippen LogP contribution in [-0.4, -0.2) is 12.7 Å². The first-order valence-corrected chi connectivity index (χ1v) is 9.52. The Bertz CT molecular complexity index is 1000. The van der Waals surface area contributed by atoms with Crippen molar-refractivity contribution in [2.75, 3.05) is 12.1 Å². The topological polar surface area (TPSA) is 56.8 Å². The van der Waals surface area contributed by atoms with Crippen LogP contribution < -0.4 is 19.5 Å². The first-order chi connectivity index (χ1) is 13.1. The molecule has 0 saturated heterocycles. The SMILES string of the molecule is Cc1c(Cl)cccc1NC(=O)c1cc(COc2ccc3c(c2)OCO3)cs1. The van der Waals surface area contributed by atoms with Crippen molar-refractivity contribution in [3.63, 3.8) is 0 Å². The third kappa shape index (κ3) is 3.86. The molecule has 0 unspecified atom stereocenters. The van der Waals surface area contributed by atoms with E-state index in [2.05, 4.69) is 5.32 Å². The van der Waals surface area contributed by atoms with Gasteiger partial charge >= 0.3 is 0 Å². The predicted octanol–water partition coefficient (Wildman–Crippen LogP) is 5.27. The van der Waals surface area contributed by atoms with E-state index in [1.165, 1.54) is 11.3 Å². The molecule has 0 aliphatic carbocycles. The van der Waals surface area contributed by atoms with E-state index in [4.69, 9.17) is 25.8 Å². The molecule has 1 aliphatic rings. The molecule has 3 aromatic rings. The molecule has 1 N–H and O–H groups in total. The number of carbonyl (C=O) groups is 1. The van der Waals surface area contributed by atoms with Gasteiger partial charge in [0.1, 0.15) is 12.4 Å². The van der Waals surface area contributed by atoms with Gasteiger partial charge in [0.05, 0.1) is 4.88 Å². The number of hydrogen-bond acceptors (Lipinski definition) is 5. The van der Waals surface area contributed by atoms with E-state index in [1.807, 2.05) is 42.6 Å². The van der Waals surface area contributed by atoms with E-state index in [-0.39, 0.29) is 12.7 Å². The van der Waals surface area contributed by atoms with Crippen molar-refractivity contribution in [2.45, 2.75) is 13.5 Å². The molecule has 0 fully saturated rings. The molecular weight excluding hydrogens is 386 g/mol. The number of fused-ring (bicyclic) bond motifs is 1. The number of benzene rings is 2. The molecule has 7 heteroatoms. The molecule has 5 nitrogen and oxygen atoms in total. The zero-order chi connectivity index (χ0) is 18.8. The van der Waals surface area contributed by atoms with Crippen LogP contribution in [0.1, 0.15) is 20.8 Å². The Balaban J connectivity index is 1.39. The van der Waals surface area contributed by atoms with Crippen LogP contribution in [0.4, 0.5) is 5.69 Å². The van der Waals surface area contributed by atoms with E-state index in [9.17, 15) is 4.79 Å². The minimum absolute atomic E-state index is 0.167. The summed E-state index contributed by atoms with van der Waals surface area (Å²) in [5.74, 6) is 1.91. The van der Waals surface area contributed by atoms with Gasteiger partial charge in [-0.1, -0.05) is 17.7 Å². The number of rotatable bonds is 5. The van der Waals surface area contributed by atoms with E-state index < -0.39 is 0 Å². The van der Waals surface area contributed by atoms with Crippen molar-refractivity contribution >= 4 is 34.5 Å². The molecular formula is C20H16ClNO4S. The Morgan fingerprint density at radius 1 is 1.22 bits per heavy atom. The van der Waals surface area contributed by atoms with Gasteiger partial charge in [0.2, 0.25) is 6.79 Å². The number of carbonyl (C=O) groups excluding carboxylic acids is 1. The van der Waals surface area contributed by atoms with Crippen LogP contribution in [0.15, 0.2) is 47.8 Å². The summed E-state index contributed by atoms with van der Waals surface area (Å²) in [6.07, 6.45) is 0. The molecule has 1 amide bonds. The fraction of sp³-hybridized carbons (Fsp3) is 0.150. The highest BCUT2D eigenvalue weighted by Gasteiger charge is 2.15. The molecule has 4 rings (SSSR count). The quantitative estimate of drug-likeness (QED) is 0.632. The molecule has 0 saturated carbocycles. The largest absolute Gasteiger partial charge is 0.489 e. The second-order valence-electron chi connectivity index (χ2n) is 5.99. The molecule has 0 radical (unpaired) electrons. The van der Waals surface area contributed by atoms with Gasteiger partial charge in [-0.2, -0.15) is 0 Å². The van der Waals surface area contributed by atoms with E-state index in [1.54, 1.807) is 12.1 Å². The molecule has 27 heavy (non-hydrogen) atoms. The number of amides is 1. The first-order valence-electron chi connectivity index (χ1n) is 8.26. The summed E-state index contributed by atoms with van der Waals surface area (Å²) >= 11 is 7.47. The fourth-order valence-corrected chi connectivity index (χ4v) is 3.60. The lowest BCUT2D eigenvalue weighted by molar-refractivity contribution is 0.103. The lowest BCUT2D eigenvalue weighted by atomic mass is 10.2. The highest BCUT2D eigenvalue weighted by molar-refractivity contribution is 7.12. The Labute approximate surface area is 165 Å². The molecule has 0 spiro atoms. The van der Waals surface area contributed by atoms with Crippen LogP contribution in [0.5, 0.6) is 17.2 Å². The lowest BCUT2D eigenvalue weighted by Crippen LogP contribution is -2.11. The van der Waals surface area contributed by atoms with Gasteiger partial charge in [-0.3, -0.25) is 4.79 Å². The fourth-order valence-electron chi connectivity index (χ4n) is 2.63. The zero-order valence-electron chi connectivity index (χ0n) is 14.5. The predicted molar refractivity (Wildman–Crippen MR) is 105 cm³/mol. The molecule has 138 valence electrons. The Morgan fingerprint density at radius 3 is 2.96 bits per heavy atom. The monoisotopic (exact) mass is 401 g/mol. The molecule has 1 aliphatic heterocycles. The van der Waals surface area contributed by atoms with Crippen LogP contribution in [0.25, 0.3) is 0 Å². The van der Waals surface area contributed by atoms with Gasteiger partial charge < -0.3 is 19.5 Å². The Morgan fingerprint density at radius 2 is 2.07 bits per heavy atom. The summed E-state index contributed by atoms with van der Waals surface area (Å²) in [5.41, 5.74) is 2.47.